The number of ether oxygens (including phenoxy) is 1. The van der Waals surface area contributed by atoms with Crippen molar-refractivity contribution >= 4 is 12.1 Å². The van der Waals surface area contributed by atoms with Crippen LogP contribution in [0.2, 0.25) is 0 Å². The zero-order chi connectivity index (χ0) is 12.8. The van der Waals surface area contributed by atoms with Crippen molar-refractivity contribution in [2.24, 2.45) is 11.8 Å². The number of rotatable bonds is 6. The van der Waals surface area contributed by atoms with Crippen LogP contribution in [0, 0.1) is 11.8 Å². The molecule has 1 rings (SSSR count). The smallest absolute Gasteiger partial charge is 0.409 e. The Morgan fingerprint density at radius 3 is 2.88 bits per heavy atom. The monoisotopic (exact) mass is 243 g/mol. The first-order valence-electron chi connectivity index (χ1n) is 6.12. The topological polar surface area (TPSA) is 66.8 Å². The molecule has 0 saturated carbocycles. The van der Waals surface area contributed by atoms with Gasteiger partial charge in [-0.1, -0.05) is 13.8 Å². The minimum absolute atomic E-state index is 0.139. The Morgan fingerprint density at radius 1 is 1.59 bits per heavy atom. The SMILES string of the molecule is CC(C)CCN1CC(CCC(=O)O)COC1=O. The molecule has 1 saturated heterocycles. The summed E-state index contributed by atoms with van der Waals surface area (Å²) in [7, 11) is 0. The molecule has 0 aromatic carbocycles. The average molecular weight is 243 g/mol. The van der Waals surface area contributed by atoms with Crippen molar-refractivity contribution in [2.75, 3.05) is 19.7 Å². The molecule has 1 amide bonds. The van der Waals surface area contributed by atoms with Gasteiger partial charge in [0.2, 0.25) is 0 Å². The second kappa shape index (κ2) is 6.47. The summed E-state index contributed by atoms with van der Waals surface area (Å²) in [4.78, 5) is 23.6. The molecule has 17 heavy (non-hydrogen) atoms. The van der Waals surface area contributed by atoms with E-state index in [-0.39, 0.29) is 18.4 Å². The summed E-state index contributed by atoms with van der Waals surface area (Å²) in [5.41, 5.74) is 0. The third kappa shape index (κ3) is 5.06. The van der Waals surface area contributed by atoms with E-state index >= 15 is 0 Å². The lowest BCUT2D eigenvalue weighted by Crippen LogP contribution is -2.43. The second-order valence-electron chi connectivity index (χ2n) is 5.00. The average Bonchev–Trinajstić information content (AvgIpc) is 2.26. The fraction of sp³-hybridized carbons (Fsp3) is 0.833. The molecule has 0 bridgehead atoms. The zero-order valence-corrected chi connectivity index (χ0v) is 10.5. The van der Waals surface area contributed by atoms with E-state index < -0.39 is 5.97 Å². The van der Waals surface area contributed by atoms with E-state index in [4.69, 9.17) is 9.84 Å². The third-order valence-corrected chi connectivity index (χ3v) is 2.92. The van der Waals surface area contributed by atoms with Crippen molar-refractivity contribution in [3.05, 3.63) is 0 Å². The van der Waals surface area contributed by atoms with Gasteiger partial charge in [-0.25, -0.2) is 4.79 Å². The van der Waals surface area contributed by atoms with Gasteiger partial charge in [0.1, 0.15) is 0 Å². The highest BCUT2D eigenvalue weighted by atomic mass is 16.6. The highest BCUT2D eigenvalue weighted by Crippen LogP contribution is 2.17. The van der Waals surface area contributed by atoms with E-state index in [1.807, 2.05) is 0 Å². The van der Waals surface area contributed by atoms with E-state index in [1.165, 1.54) is 0 Å². The molecule has 5 nitrogen and oxygen atoms in total. The fourth-order valence-corrected chi connectivity index (χ4v) is 1.82. The lowest BCUT2D eigenvalue weighted by Gasteiger charge is -2.32. The van der Waals surface area contributed by atoms with Gasteiger partial charge in [-0.2, -0.15) is 0 Å². The molecule has 1 unspecified atom stereocenters. The highest BCUT2D eigenvalue weighted by Gasteiger charge is 2.27. The predicted octanol–water partition coefficient (Wildman–Crippen LogP) is 1.97. The van der Waals surface area contributed by atoms with Crippen molar-refractivity contribution in [2.45, 2.75) is 33.1 Å². The Balaban J connectivity index is 2.36. The normalized spacial score (nSPS) is 20.5. The summed E-state index contributed by atoms with van der Waals surface area (Å²) in [5.74, 6) is -0.103. The maximum atomic E-state index is 11.5. The quantitative estimate of drug-likeness (QED) is 0.774. The molecule has 1 aliphatic rings. The summed E-state index contributed by atoms with van der Waals surface area (Å²) in [6.45, 7) is 5.89. The van der Waals surface area contributed by atoms with Crippen LogP contribution in [0.25, 0.3) is 0 Å². The van der Waals surface area contributed by atoms with Crippen LogP contribution in [0.3, 0.4) is 0 Å². The maximum absolute atomic E-state index is 11.5. The van der Waals surface area contributed by atoms with Crippen LogP contribution in [0.1, 0.15) is 33.1 Å². The standard InChI is InChI=1S/C12H21NO4/c1-9(2)5-6-13-7-10(3-4-11(14)15)8-17-12(13)16/h9-10H,3-8H2,1-2H3,(H,14,15). The second-order valence-corrected chi connectivity index (χ2v) is 5.00. The molecule has 0 aromatic heterocycles. The van der Waals surface area contributed by atoms with E-state index in [2.05, 4.69) is 13.8 Å². The first kappa shape index (κ1) is 13.8. The summed E-state index contributed by atoms with van der Waals surface area (Å²) >= 11 is 0. The van der Waals surface area contributed by atoms with Crippen LogP contribution < -0.4 is 0 Å². The Hall–Kier alpha value is -1.26. The molecule has 0 spiro atoms. The van der Waals surface area contributed by atoms with Gasteiger partial charge in [0.05, 0.1) is 6.61 Å². The number of carbonyl (C=O) groups is 2. The summed E-state index contributed by atoms with van der Waals surface area (Å²) in [6, 6.07) is 0. The van der Waals surface area contributed by atoms with Gasteiger partial charge in [-0.15, -0.1) is 0 Å². The number of nitrogens with zero attached hydrogens (tertiary/aromatic N) is 1. The van der Waals surface area contributed by atoms with E-state index in [1.54, 1.807) is 4.90 Å². The van der Waals surface area contributed by atoms with E-state index in [9.17, 15) is 9.59 Å². The van der Waals surface area contributed by atoms with Crippen LogP contribution in [0.15, 0.2) is 0 Å². The minimum atomic E-state index is -0.796. The molecule has 0 radical (unpaired) electrons. The van der Waals surface area contributed by atoms with Crippen molar-refractivity contribution in [1.29, 1.82) is 0 Å². The van der Waals surface area contributed by atoms with Gasteiger partial charge in [-0.05, 0) is 18.8 Å². The number of carbonyl (C=O) groups excluding carboxylic acids is 1. The minimum Gasteiger partial charge on any atom is -0.481 e. The summed E-state index contributed by atoms with van der Waals surface area (Å²) in [6.07, 6.45) is 1.39. The Morgan fingerprint density at radius 2 is 2.29 bits per heavy atom. The fourth-order valence-electron chi connectivity index (χ4n) is 1.82. The number of hydrogen-bond acceptors (Lipinski definition) is 3. The number of carboxylic acid groups (broad SMARTS) is 1. The number of carboxylic acids is 1. The van der Waals surface area contributed by atoms with Gasteiger partial charge in [0, 0.05) is 25.4 Å². The summed E-state index contributed by atoms with van der Waals surface area (Å²) < 4.78 is 5.06. The molecule has 98 valence electrons. The number of hydrogen-bond donors (Lipinski definition) is 1. The molecule has 1 N–H and O–H groups in total. The van der Waals surface area contributed by atoms with Crippen LogP contribution >= 0.6 is 0 Å². The number of cyclic esters (lactones) is 1. The molecule has 1 fully saturated rings. The van der Waals surface area contributed by atoms with Gasteiger partial charge in [0.15, 0.2) is 0 Å². The summed E-state index contributed by atoms with van der Waals surface area (Å²) in [5, 5.41) is 8.62. The molecule has 0 aromatic rings. The molecular weight excluding hydrogens is 222 g/mol. The van der Waals surface area contributed by atoms with Crippen LogP contribution in [-0.2, 0) is 9.53 Å². The molecule has 5 heteroatoms. The Kier molecular flexibility index (Phi) is 5.25. The number of amides is 1. The van der Waals surface area contributed by atoms with Crippen molar-refractivity contribution < 1.29 is 19.4 Å². The van der Waals surface area contributed by atoms with Crippen LogP contribution in [-0.4, -0.2) is 41.8 Å². The molecule has 0 aliphatic carbocycles. The molecular formula is C12H21NO4. The first-order chi connectivity index (χ1) is 7.99. The lowest BCUT2D eigenvalue weighted by atomic mass is 10.0. The molecule has 1 aliphatic heterocycles. The van der Waals surface area contributed by atoms with Crippen molar-refractivity contribution in [1.82, 2.24) is 4.90 Å². The largest absolute Gasteiger partial charge is 0.481 e. The molecule has 1 heterocycles. The van der Waals surface area contributed by atoms with E-state index in [0.717, 1.165) is 6.42 Å². The highest BCUT2D eigenvalue weighted by molar-refractivity contribution is 5.68. The third-order valence-electron chi connectivity index (χ3n) is 2.92. The van der Waals surface area contributed by atoms with Crippen molar-refractivity contribution in [3.8, 4) is 0 Å². The molecule has 1 atom stereocenters. The van der Waals surface area contributed by atoms with Gasteiger partial charge >= 0.3 is 12.1 Å². The number of aliphatic carboxylic acids is 1. The van der Waals surface area contributed by atoms with Gasteiger partial charge in [-0.3, -0.25) is 4.79 Å². The predicted molar refractivity (Wildman–Crippen MR) is 62.7 cm³/mol. The van der Waals surface area contributed by atoms with Gasteiger partial charge < -0.3 is 14.7 Å². The van der Waals surface area contributed by atoms with Crippen LogP contribution in [0.5, 0.6) is 0 Å². The van der Waals surface area contributed by atoms with Crippen molar-refractivity contribution in [3.63, 3.8) is 0 Å². The van der Waals surface area contributed by atoms with E-state index in [0.29, 0.717) is 32.0 Å². The Bertz CT molecular complexity index is 278. The van der Waals surface area contributed by atoms with Crippen LogP contribution in [0.4, 0.5) is 4.79 Å². The van der Waals surface area contributed by atoms with Gasteiger partial charge in [0.25, 0.3) is 0 Å². The zero-order valence-electron chi connectivity index (χ0n) is 10.5. The lowest BCUT2D eigenvalue weighted by molar-refractivity contribution is -0.137. The Labute approximate surface area is 102 Å². The maximum Gasteiger partial charge on any atom is 0.409 e. The first-order valence-corrected chi connectivity index (χ1v) is 6.12.